The molecule has 4 N–H and O–H groups in total. The number of fused-ring (bicyclic) bond motifs is 2. The largest absolute Gasteiger partial charge is 0.355 e. The highest BCUT2D eigenvalue weighted by molar-refractivity contribution is 6.31. The minimum atomic E-state index is -1.42. The van der Waals surface area contributed by atoms with Crippen molar-refractivity contribution in [3.05, 3.63) is 63.1 Å². The van der Waals surface area contributed by atoms with Gasteiger partial charge in [-0.2, -0.15) is 0 Å². The number of carbonyl (C=O) groups excluding carboxylic acids is 3. The highest BCUT2D eigenvalue weighted by atomic mass is 35.5. The Morgan fingerprint density at radius 1 is 1.12 bits per heavy atom. The molecule has 2 saturated heterocycles. The van der Waals surface area contributed by atoms with Crippen LogP contribution in [0.4, 0.5) is 14.5 Å². The molecule has 0 unspecified atom stereocenters. The fourth-order valence-electron chi connectivity index (χ4n) is 6.65. The van der Waals surface area contributed by atoms with Crippen LogP contribution in [0.15, 0.2) is 30.3 Å². The topological polar surface area (TPSA) is 103 Å². The zero-order valence-electron chi connectivity index (χ0n) is 23.8. The monoisotopic (exact) mass is 621 g/mol. The number of nitrogens with one attached hydrogen (secondary N) is 4. The van der Waals surface area contributed by atoms with E-state index < -0.39 is 41.0 Å². The van der Waals surface area contributed by atoms with Crippen LogP contribution in [0.25, 0.3) is 0 Å². The molecule has 4 atom stereocenters. The predicted molar refractivity (Wildman–Crippen MR) is 158 cm³/mol. The van der Waals surface area contributed by atoms with Gasteiger partial charge in [0.05, 0.1) is 22.6 Å². The highest BCUT2D eigenvalue weighted by Gasteiger charge is 2.66. The van der Waals surface area contributed by atoms with Gasteiger partial charge in [-0.05, 0) is 53.6 Å². The number of anilines is 1. The Morgan fingerprint density at radius 2 is 1.86 bits per heavy atom. The number of benzene rings is 2. The average molecular weight is 623 g/mol. The minimum absolute atomic E-state index is 0.0238. The number of hydrogen-bond acceptors (Lipinski definition) is 5. The molecule has 3 aliphatic rings. The summed E-state index contributed by atoms with van der Waals surface area (Å²) in [5, 5.41) is 11.8. The second-order valence-corrected chi connectivity index (χ2v) is 13.3. The Balaban J connectivity index is 1.53. The minimum Gasteiger partial charge on any atom is -0.355 e. The van der Waals surface area contributed by atoms with Gasteiger partial charge in [-0.25, -0.2) is 8.78 Å². The summed E-state index contributed by atoms with van der Waals surface area (Å²) < 4.78 is 29.3. The van der Waals surface area contributed by atoms with Crippen LogP contribution in [0.2, 0.25) is 10.0 Å². The van der Waals surface area contributed by atoms with Crippen molar-refractivity contribution in [1.82, 2.24) is 20.9 Å². The summed E-state index contributed by atoms with van der Waals surface area (Å²) in [4.78, 5) is 41.7. The maximum absolute atomic E-state index is 15.0. The third kappa shape index (κ3) is 5.74. The molecule has 2 fully saturated rings. The molecule has 0 radical (unpaired) electrons. The zero-order valence-corrected chi connectivity index (χ0v) is 25.3. The van der Waals surface area contributed by atoms with Gasteiger partial charge in [-0.3, -0.25) is 19.3 Å². The van der Waals surface area contributed by atoms with E-state index >= 15 is 4.39 Å². The first kappa shape index (κ1) is 30.7. The molecule has 3 amide bonds. The molecule has 5 rings (SSSR count). The van der Waals surface area contributed by atoms with Crippen molar-refractivity contribution in [2.75, 3.05) is 38.0 Å². The number of hydrogen-bond donors (Lipinski definition) is 4. The van der Waals surface area contributed by atoms with Crippen LogP contribution in [0.1, 0.15) is 50.7 Å². The summed E-state index contributed by atoms with van der Waals surface area (Å²) in [5.41, 5.74) is -0.464. The van der Waals surface area contributed by atoms with Crippen LogP contribution in [0.3, 0.4) is 0 Å². The lowest BCUT2D eigenvalue weighted by Crippen LogP contribution is -2.49. The number of halogens is 4. The first-order valence-electron chi connectivity index (χ1n) is 14.1. The van der Waals surface area contributed by atoms with Crippen molar-refractivity contribution in [2.24, 2.45) is 5.41 Å². The maximum Gasteiger partial charge on any atom is 0.237 e. The van der Waals surface area contributed by atoms with Crippen molar-refractivity contribution >= 4 is 46.6 Å². The quantitative estimate of drug-likeness (QED) is 0.351. The number of piperazine rings is 1. The molecule has 42 heavy (non-hydrogen) atoms. The Hall–Kier alpha value is -2.79. The van der Waals surface area contributed by atoms with Gasteiger partial charge in [0.2, 0.25) is 17.7 Å². The summed E-state index contributed by atoms with van der Waals surface area (Å²) in [5.74, 6) is -2.93. The first-order chi connectivity index (χ1) is 19.8. The molecular weight excluding hydrogens is 587 g/mol. The van der Waals surface area contributed by atoms with Crippen molar-refractivity contribution in [2.45, 2.75) is 57.0 Å². The summed E-state index contributed by atoms with van der Waals surface area (Å²) in [6.07, 6.45) is 1.08. The van der Waals surface area contributed by atoms with E-state index in [0.717, 1.165) is 6.54 Å². The average Bonchev–Trinajstić information content (AvgIpc) is 3.38. The van der Waals surface area contributed by atoms with Crippen LogP contribution in [-0.2, 0) is 19.8 Å². The van der Waals surface area contributed by atoms with Crippen LogP contribution < -0.4 is 21.3 Å². The molecule has 0 aromatic heterocycles. The van der Waals surface area contributed by atoms with Crippen molar-refractivity contribution < 1.29 is 23.2 Å². The van der Waals surface area contributed by atoms with Gasteiger partial charge in [-0.1, -0.05) is 50.0 Å². The Morgan fingerprint density at radius 3 is 2.55 bits per heavy atom. The third-order valence-corrected chi connectivity index (χ3v) is 8.93. The third-order valence-electron chi connectivity index (χ3n) is 8.35. The summed E-state index contributed by atoms with van der Waals surface area (Å²) in [6.45, 7) is 8.70. The van der Waals surface area contributed by atoms with E-state index in [9.17, 15) is 18.8 Å². The summed E-state index contributed by atoms with van der Waals surface area (Å²) >= 11 is 12.3. The van der Waals surface area contributed by atoms with E-state index in [1.165, 1.54) is 30.3 Å². The van der Waals surface area contributed by atoms with Crippen molar-refractivity contribution in [3.8, 4) is 0 Å². The molecule has 2 aromatic carbocycles. The second-order valence-electron chi connectivity index (χ2n) is 12.5. The number of rotatable bonds is 7. The molecule has 0 saturated carbocycles. The molecule has 1 spiro atoms. The van der Waals surface area contributed by atoms with Crippen LogP contribution in [0, 0.1) is 17.0 Å². The van der Waals surface area contributed by atoms with Gasteiger partial charge in [0, 0.05) is 43.8 Å². The van der Waals surface area contributed by atoms with Crippen LogP contribution in [-0.4, -0.2) is 67.4 Å². The highest BCUT2D eigenvalue weighted by Crippen LogP contribution is 2.57. The number of amides is 3. The Bertz CT molecular complexity index is 1420. The second kappa shape index (κ2) is 11.7. The summed E-state index contributed by atoms with van der Waals surface area (Å²) in [6, 6.07) is 5.31. The van der Waals surface area contributed by atoms with Gasteiger partial charge in [0.15, 0.2) is 0 Å². The zero-order chi connectivity index (χ0) is 30.4. The van der Waals surface area contributed by atoms with E-state index in [1.54, 1.807) is 0 Å². The van der Waals surface area contributed by atoms with E-state index in [2.05, 4.69) is 21.3 Å². The molecule has 2 aromatic rings. The lowest BCUT2D eigenvalue weighted by Gasteiger charge is -2.37. The maximum atomic E-state index is 15.0. The van der Waals surface area contributed by atoms with Gasteiger partial charge in [-0.15, -0.1) is 0 Å². The standard InChI is InChI=1S/C30H35Cl2F2N5O3/c1-29(2,3)14-23-30(17-12-21(34)19(32)13-22(17)37-28(30)42)25(16-5-6-20(33)18(31)11-16)26(38-23)27(41)36-7-4-9-39-10-8-35-24(40)15-39/h5-6,11-13,23,25-26,38H,4,7-10,14-15H2,1-3H3,(H,35,40)(H,36,41)(H,37,42)/t23-,25+,26-,30+/m1/s1. The van der Waals surface area contributed by atoms with Crippen molar-refractivity contribution in [3.63, 3.8) is 0 Å². The van der Waals surface area contributed by atoms with Gasteiger partial charge >= 0.3 is 0 Å². The van der Waals surface area contributed by atoms with E-state index in [1.807, 2.05) is 25.7 Å². The fraction of sp³-hybridized carbons (Fsp3) is 0.500. The molecule has 12 heteroatoms. The van der Waals surface area contributed by atoms with Gasteiger partial charge in [0.25, 0.3) is 0 Å². The fourth-order valence-corrected chi connectivity index (χ4v) is 7.00. The molecular formula is C30H35Cl2F2N5O3. The van der Waals surface area contributed by atoms with E-state index in [-0.39, 0.29) is 27.3 Å². The molecule has 3 heterocycles. The number of carbonyl (C=O) groups is 3. The Kier molecular flexibility index (Phi) is 8.55. The molecule has 3 aliphatic heterocycles. The number of nitrogens with zero attached hydrogens (tertiary/aromatic N) is 1. The van der Waals surface area contributed by atoms with E-state index in [0.29, 0.717) is 55.8 Å². The van der Waals surface area contributed by atoms with Crippen molar-refractivity contribution in [1.29, 1.82) is 0 Å². The lowest BCUT2D eigenvalue weighted by molar-refractivity contribution is -0.125. The van der Waals surface area contributed by atoms with Crippen LogP contribution in [0.5, 0.6) is 0 Å². The normalized spacial score (nSPS) is 25.8. The molecule has 0 bridgehead atoms. The first-order valence-corrected chi connectivity index (χ1v) is 14.9. The van der Waals surface area contributed by atoms with Gasteiger partial charge in [0.1, 0.15) is 17.0 Å². The molecule has 0 aliphatic carbocycles. The predicted octanol–water partition coefficient (Wildman–Crippen LogP) is 3.96. The molecule has 8 nitrogen and oxygen atoms in total. The van der Waals surface area contributed by atoms with Crippen LogP contribution >= 0.6 is 23.2 Å². The summed E-state index contributed by atoms with van der Waals surface area (Å²) in [7, 11) is 0. The SMILES string of the molecule is CC(C)(C)C[C@H]1N[C@@H](C(=O)NCCCN2CCNC(=O)C2)[C@H](c2ccc(F)c(Cl)c2)[C@@]12C(=O)Nc1cc(Cl)c(F)cc12. The smallest absolute Gasteiger partial charge is 0.237 e. The Labute approximate surface area is 253 Å². The lowest BCUT2D eigenvalue weighted by atomic mass is 9.62. The molecule has 226 valence electrons. The van der Waals surface area contributed by atoms with Gasteiger partial charge < -0.3 is 21.3 Å². The van der Waals surface area contributed by atoms with E-state index in [4.69, 9.17) is 23.2 Å².